The minimum Gasteiger partial charge on any atom is -0.381 e. The molecule has 1 aromatic heterocycles. The predicted molar refractivity (Wildman–Crippen MR) is 127 cm³/mol. The molecule has 7 nitrogen and oxygen atoms in total. The number of pyridine rings is 1. The number of aromatic nitrogens is 1. The van der Waals surface area contributed by atoms with Gasteiger partial charge in [0.2, 0.25) is 5.91 Å². The fraction of sp³-hybridized carbons (Fsp3) is 0.520. The van der Waals surface area contributed by atoms with Crippen LogP contribution in [0.5, 0.6) is 0 Å². The van der Waals surface area contributed by atoms with E-state index in [4.69, 9.17) is 4.74 Å². The Bertz CT molecular complexity index is 779. The molecule has 0 spiro atoms. The van der Waals surface area contributed by atoms with Gasteiger partial charge in [-0.1, -0.05) is 30.3 Å². The molecule has 0 radical (unpaired) electrons. The average Bonchev–Trinajstić information content (AvgIpc) is 2.85. The van der Waals surface area contributed by atoms with Crippen LogP contribution in [0.2, 0.25) is 0 Å². The van der Waals surface area contributed by atoms with Gasteiger partial charge in [-0.15, -0.1) is 0 Å². The van der Waals surface area contributed by atoms with E-state index in [1.54, 1.807) is 6.20 Å². The number of hydrogen-bond donors (Lipinski definition) is 4. The molecule has 7 heteroatoms. The van der Waals surface area contributed by atoms with Crippen LogP contribution in [-0.4, -0.2) is 49.3 Å². The summed E-state index contributed by atoms with van der Waals surface area (Å²) in [5, 5.41) is 13.3. The van der Waals surface area contributed by atoms with E-state index in [0.29, 0.717) is 19.1 Å². The number of rotatable bonds is 13. The van der Waals surface area contributed by atoms with Crippen LogP contribution >= 0.6 is 0 Å². The van der Waals surface area contributed by atoms with Crippen molar-refractivity contribution in [1.82, 2.24) is 26.3 Å². The van der Waals surface area contributed by atoms with E-state index in [1.165, 1.54) is 5.56 Å². The average molecular weight is 440 g/mol. The third kappa shape index (κ3) is 9.04. The summed E-state index contributed by atoms with van der Waals surface area (Å²) in [5.74, 6) is -0.0129. The van der Waals surface area contributed by atoms with Crippen LogP contribution in [-0.2, 0) is 29.2 Å². The van der Waals surface area contributed by atoms with Crippen molar-refractivity contribution in [2.24, 2.45) is 0 Å². The van der Waals surface area contributed by atoms with Crippen LogP contribution in [0, 0.1) is 0 Å². The van der Waals surface area contributed by atoms with E-state index in [-0.39, 0.29) is 11.9 Å². The predicted octanol–water partition coefficient (Wildman–Crippen LogP) is 2.12. The third-order valence-corrected chi connectivity index (χ3v) is 5.71. The first-order chi connectivity index (χ1) is 15.7. The summed E-state index contributed by atoms with van der Waals surface area (Å²) >= 11 is 0. The molecular weight excluding hydrogens is 402 g/mol. The molecule has 1 fully saturated rings. The lowest BCUT2D eigenvalue weighted by molar-refractivity contribution is -0.122. The van der Waals surface area contributed by atoms with Gasteiger partial charge in [-0.05, 0) is 62.5 Å². The molecule has 2 aromatic rings. The second-order valence-electron chi connectivity index (χ2n) is 8.33. The molecule has 1 aliphatic heterocycles. The van der Waals surface area contributed by atoms with Crippen LogP contribution in [0.1, 0.15) is 43.0 Å². The van der Waals surface area contributed by atoms with E-state index in [9.17, 15) is 4.79 Å². The molecular formula is C25H37N5O2. The molecule has 1 atom stereocenters. The van der Waals surface area contributed by atoms with Gasteiger partial charge < -0.3 is 26.0 Å². The molecule has 2 heterocycles. The second kappa shape index (κ2) is 14.0. The molecule has 1 aliphatic rings. The molecule has 174 valence electrons. The summed E-state index contributed by atoms with van der Waals surface area (Å²) in [5.41, 5.74) is 3.27. The fourth-order valence-corrected chi connectivity index (χ4v) is 3.62. The Kier molecular flexibility index (Phi) is 10.6. The number of nitrogens with one attached hydrogen (secondary N) is 4. The van der Waals surface area contributed by atoms with Crippen molar-refractivity contribution in [2.45, 2.75) is 57.9 Å². The number of carbonyl (C=O) groups is 1. The summed E-state index contributed by atoms with van der Waals surface area (Å²) in [6.07, 6.45) is 5.13. The van der Waals surface area contributed by atoms with Gasteiger partial charge in [0.25, 0.3) is 0 Å². The number of ether oxygens (including phenoxy) is 1. The quantitative estimate of drug-likeness (QED) is 0.358. The van der Waals surface area contributed by atoms with Gasteiger partial charge >= 0.3 is 0 Å². The molecule has 1 aromatic carbocycles. The first-order valence-electron chi connectivity index (χ1n) is 11.7. The minimum atomic E-state index is -0.276. The molecule has 1 amide bonds. The lowest BCUT2D eigenvalue weighted by Crippen LogP contribution is -2.41. The molecule has 0 unspecified atom stereocenters. The van der Waals surface area contributed by atoms with Crippen LogP contribution in [0.15, 0.2) is 48.7 Å². The Hall–Kier alpha value is -2.32. The van der Waals surface area contributed by atoms with Crippen LogP contribution in [0.4, 0.5) is 0 Å². The summed E-state index contributed by atoms with van der Waals surface area (Å²) in [6, 6.07) is 14.5. The van der Waals surface area contributed by atoms with Gasteiger partial charge in [-0.3, -0.25) is 9.78 Å². The molecule has 4 N–H and O–H groups in total. The highest BCUT2D eigenvalue weighted by Gasteiger charge is 2.13. The maximum Gasteiger partial charge on any atom is 0.237 e. The van der Waals surface area contributed by atoms with Crippen LogP contribution < -0.4 is 21.3 Å². The molecule has 1 saturated heterocycles. The van der Waals surface area contributed by atoms with Crippen molar-refractivity contribution in [3.05, 3.63) is 65.5 Å². The van der Waals surface area contributed by atoms with Crippen molar-refractivity contribution in [3.8, 4) is 0 Å². The first-order valence-corrected chi connectivity index (χ1v) is 11.7. The summed E-state index contributed by atoms with van der Waals surface area (Å²) in [7, 11) is 0. The van der Waals surface area contributed by atoms with Gasteiger partial charge in [0.05, 0.1) is 11.7 Å². The monoisotopic (exact) mass is 439 g/mol. The zero-order valence-electron chi connectivity index (χ0n) is 19.1. The van der Waals surface area contributed by atoms with E-state index in [1.807, 2.05) is 25.1 Å². The topological polar surface area (TPSA) is 87.3 Å². The fourth-order valence-electron chi connectivity index (χ4n) is 3.62. The Morgan fingerprint density at radius 2 is 1.78 bits per heavy atom. The number of amides is 1. The normalized spacial score (nSPS) is 15.4. The summed E-state index contributed by atoms with van der Waals surface area (Å²) in [4.78, 5) is 16.6. The lowest BCUT2D eigenvalue weighted by atomic mass is 10.1. The Morgan fingerprint density at radius 1 is 1.03 bits per heavy atom. The number of nitrogens with zero attached hydrogens (tertiary/aromatic N) is 1. The number of hydrogen-bond acceptors (Lipinski definition) is 6. The lowest BCUT2D eigenvalue weighted by Gasteiger charge is -2.23. The van der Waals surface area contributed by atoms with Gasteiger partial charge in [0.1, 0.15) is 0 Å². The van der Waals surface area contributed by atoms with Crippen molar-refractivity contribution in [3.63, 3.8) is 0 Å². The molecule has 3 rings (SSSR count). The van der Waals surface area contributed by atoms with Crippen molar-refractivity contribution < 1.29 is 9.53 Å². The van der Waals surface area contributed by atoms with Gasteiger partial charge in [0, 0.05) is 45.1 Å². The first kappa shape index (κ1) is 24.3. The van der Waals surface area contributed by atoms with Crippen molar-refractivity contribution >= 4 is 5.91 Å². The highest BCUT2D eigenvalue weighted by molar-refractivity contribution is 5.81. The SMILES string of the molecule is C[C@H](NCc1ccccn1)C(=O)NCc1ccc(CNCCCNC2CCOCC2)cc1. The Morgan fingerprint density at radius 3 is 2.50 bits per heavy atom. The van der Waals surface area contributed by atoms with E-state index < -0.39 is 0 Å². The maximum atomic E-state index is 12.3. The summed E-state index contributed by atoms with van der Waals surface area (Å²) in [6.45, 7) is 7.64. The van der Waals surface area contributed by atoms with E-state index in [2.05, 4.69) is 50.5 Å². The molecule has 0 bridgehead atoms. The highest BCUT2D eigenvalue weighted by atomic mass is 16.5. The minimum absolute atomic E-state index is 0.0129. The zero-order valence-corrected chi connectivity index (χ0v) is 19.1. The van der Waals surface area contributed by atoms with E-state index >= 15 is 0 Å². The maximum absolute atomic E-state index is 12.3. The van der Waals surface area contributed by atoms with Gasteiger partial charge in [-0.25, -0.2) is 0 Å². The largest absolute Gasteiger partial charge is 0.381 e. The van der Waals surface area contributed by atoms with Gasteiger partial charge in [-0.2, -0.15) is 0 Å². The van der Waals surface area contributed by atoms with Crippen molar-refractivity contribution in [2.75, 3.05) is 26.3 Å². The van der Waals surface area contributed by atoms with E-state index in [0.717, 1.165) is 63.4 Å². The Labute approximate surface area is 191 Å². The third-order valence-electron chi connectivity index (χ3n) is 5.71. The standard InChI is InChI=1S/C25H37N5O2/c1-20(29-19-24-5-2-3-13-28-24)25(31)30-18-22-8-6-21(7-9-22)17-26-12-4-14-27-23-10-15-32-16-11-23/h2-3,5-9,13,20,23,26-27,29H,4,10-12,14-19H2,1H3,(H,30,31)/t20-/m0/s1. The molecule has 0 saturated carbocycles. The van der Waals surface area contributed by atoms with Crippen LogP contribution in [0.3, 0.4) is 0 Å². The Balaban J connectivity index is 1.25. The van der Waals surface area contributed by atoms with Crippen LogP contribution in [0.25, 0.3) is 0 Å². The smallest absolute Gasteiger partial charge is 0.237 e. The number of benzene rings is 1. The summed E-state index contributed by atoms with van der Waals surface area (Å²) < 4.78 is 5.39. The highest BCUT2D eigenvalue weighted by Crippen LogP contribution is 2.06. The number of carbonyl (C=O) groups excluding carboxylic acids is 1. The zero-order chi connectivity index (χ0) is 22.4. The van der Waals surface area contributed by atoms with Gasteiger partial charge in [0.15, 0.2) is 0 Å². The second-order valence-corrected chi connectivity index (χ2v) is 8.33. The van der Waals surface area contributed by atoms with Crippen molar-refractivity contribution in [1.29, 1.82) is 0 Å². The molecule has 0 aliphatic carbocycles. The molecule has 32 heavy (non-hydrogen) atoms.